The predicted molar refractivity (Wildman–Crippen MR) is 40.0 cm³/mol. The highest BCUT2D eigenvalue weighted by Crippen LogP contribution is 2.00. The second-order valence-electron chi connectivity index (χ2n) is 2.10. The van der Waals surface area contributed by atoms with Crippen LogP contribution in [0.4, 0.5) is 0 Å². The van der Waals surface area contributed by atoms with Crippen molar-refractivity contribution >= 4 is 0 Å². The number of aliphatic hydroxyl groups excluding tert-OH is 1. The first-order valence-electron chi connectivity index (χ1n) is 3.04. The summed E-state index contributed by atoms with van der Waals surface area (Å²) in [5.74, 6) is 2.54. The summed E-state index contributed by atoms with van der Waals surface area (Å²) < 4.78 is 0. The van der Waals surface area contributed by atoms with Crippen LogP contribution >= 0.6 is 0 Å². The van der Waals surface area contributed by atoms with Gasteiger partial charge in [0.15, 0.2) is 0 Å². The topological polar surface area (TPSA) is 20.2 Å². The normalized spacial score (nSPS) is 8.10. The van der Waals surface area contributed by atoms with E-state index in [-0.39, 0.29) is 0 Å². The average Bonchev–Trinajstić information content (AvgIpc) is 1.95. The Bertz CT molecular complexity index is 261. The van der Waals surface area contributed by atoms with E-state index in [1.165, 1.54) is 5.56 Å². The molecular formula is C9H8O. The van der Waals surface area contributed by atoms with Gasteiger partial charge in [-0.05, 0) is 25.0 Å². The summed E-state index contributed by atoms with van der Waals surface area (Å²) in [6.45, 7) is 2.01. The Hall–Kier alpha value is -1.42. The number of hydrogen-bond acceptors (Lipinski definition) is 1. The first kappa shape index (κ1) is 6.70. The number of benzene rings is 1. The summed E-state index contributed by atoms with van der Waals surface area (Å²) in [5, 5.41) is 8.23. The van der Waals surface area contributed by atoms with Gasteiger partial charge in [-0.15, -0.1) is 0 Å². The second kappa shape index (κ2) is 2.93. The molecule has 1 nitrogen and oxygen atoms in total. The van der Waals surface area contributed by atoms with E-state index in [0.717, 1.165) is 5.56 Å². The maximum atomic E-state index is 8.23. The van der Waals surface area contributed by atoms with Gasteiger partial charge in [0.1, 0.15) is 6.11 Å². The van der Waals surface area contributed by atoms with Crippen LogP contribution < -0.4 is 0 Å². The summed E-state index contributed by atoms with van der Waals surface area (Å²) in [6.07, 6.45) is 1.85. The molecule has 0 atom stereocenters. The zero-order valence-electron chi connectivity index (χ0n) is 5.76. The maximum Gasteiger partial charge on any atom is 0.113 e. The van der Waals surface area contributed by atoms with Crippen LogP contribution in [0.5, 0.6) is 0 Å². The van der Waals surface area contributed by atoms with E-state index in [0.29, 0.717) is 0 Å². The molecule has 1 aromatic rings. The fourth-order valence-corrected chi connectivity index (χ4v) is 0.701. The van der Waals surface area contributed by atoms with Gasteiger partial charge in [-0.3, -0.25) is 0 Å². The van der Waals surface area contributed by atoms with E-state index in [1.807, 2.05) is 37.3 Å². The average molecular weight is 132 g/mol. The van der Waals surface area contributed by atoms with Crippen molar-refractivity contribution < 1.29 is 5.11 Å². The summed E-state index contributed by atoms with van der Waals surface area (Å²) in [6, 6.07) is 7.66. The molecule has 0 amide bonds. The Morgan fingerprint density at radius 2 is 1.80 bits per heavy atom. The van der Waals surface area contributed by atoms with Gasteiger partial charge < -0.3 is 5.11 Å². The molecule has 0 aliphatic carbocycles. The second-order valence-corrected chi connectivity index (χ2v) is 2.10. The van der Waals surface area contributed by atoms with E-state index >= 15 is 0 Å². The van der Waals surface area contributed by atoms with Gasteiger partial charge >= 0.3 is 0 Å². The van der Waals surface area contributed by atoms with Crippen LogP contribution in [-0.4, -0.2) is 5.11 Å². The lowest BCUT2D eigenvalue weighted by Crippen LogP contribution is -1.73. The molecule has 0 fully saturated rings. The molecule has 0 aliphatic heterocycles. The summed E-state index contributed by atoms with van der Waals surface area (Å²) in [7, 11) is 0. The van der Waals surface area contributed by atoms with Crippen molar-refractivity contribution in [3.8, 4) is 12.0 Å². The SMILES string of the molecule is Cc1ccc(C#CO)cc1. The highest BCUT2D eigenvalue weighted by atomic mass is 16.2. The lowest BCUT2D eigenvalue weighted by atomic mass is 10.2. The molecule has 1 heteroatoms. The Kier molecular flexibility index (Phi) is 1.96. The molecule has 0 aliphatic rings. The Labute approximate surface area is 60.3 Å². The van der Waals surface area contributed by atoms with Crippen molar-refractivity contribution in [3.05, 3.63) is 35.4 Å². The monoisotopic (exact) mass is 132 g/mol. The van der Waals surface area contributed by atoms with Crippen molar-refractivity contribution in [2.45, 2.75) is 6.92 Å². The highest BCUT2D eigenvalue weighted by molar-refractivity contribution is 5.34. The van der Waals surface area contributed by atoms with Crippen LogP contribution in [0.3, 0.4) is 0 Å². The van der Waals surface area contributed by atoms with Gasteiger partial charge in [0.05, 0.1) is 0 Å². The van der Waals surface area contributed by atoms with E-state index in [4.69, 9.17) is 5.11 Å². The lowest BCUT2D eigenvalue weighted by Gasteiger charge is -1.89. The third kappa shape index (κ3) is 1.53. The standard InChI is InChI=1S/C9H8O/c1-8-2-4-9(5-3-8)6-7-10/h2-5,10H,1H3. The van der Waals surface area contributed by atoms with Gasteiger partial charge in [0, 0.05) is 5.56 Å². The first-order chi connectivity index (χ1) is 4.83. The highest BCUT2D eigenvalue weighted by Gasteiger charge is 1.84. The zero-order valence-corrected chi connectivity index (χ0v) is 5.76. The Morgan fingerprint density at radius 1 is 1.20 bits per heavy atom. The fraction of sp³-hybridized carbons (Fsp3) is 0.111. The molecule has 1 rings (SSSR count). The van der Waals surface area contributed by atoms with Gasteiger partial charge in [0.25, 0.3) is 0 Å². The molecule has 0 saturated heterocycles. The zero-order chi connectivity index (χ0) is 7.40. The maximum absolute atomic E-state index is 8.23. The third-order valence-corrected chi connectivity index (χ3v) is 1.25. The summed E-state index contributed by atoms with van der Waals surface area (Å²) >= 11 is 0. The van der Waals surface area contributed by atoms with E-state index in [1.54, 1.807) is 0 Å². The van der Waals surface area contributed by atoms with E-state index in [2.05, 4.69) is 5.92 Å². The van der Waals surface area contributed by atoms with Crippen molar-refractivity contribution in [2.75, 3.05) is 0 Å². The van der Waals surface area contributed by atoms with Gasteiger partial charge in [0.2, 0.25) is 0 Å². The van der Waals surface area contributed by atoms with Crippen LogP contribution in [0.1, 0.15) is 11.1 Å². The molecule has 1 N–H and O–H groups in total. The third-order valence-electron chi connectivity index (χ3n) is 1.25. The first-order valence-corrected chi connectivity index (χ1v) is 3.04. The van der Waals surface area contributed by atoms with Crippen LogP contribution in [0.15, 0.2) is 24.3 Å². The Morgan fingerprint density at radius 3 is 2.30 bits per heavy atom. The molecule has 0 unspecified atom stereocenters. The van der Waals surface area contributed by atoms with Gasteiger partial charge in [-0.25, -0.2) is 0 Å². The number of hydrogen-bond donors (Lipinski definition) is 1. The summed E-state index contributed by atoms with van der Waals surface area (Å²) in [4.78, 5) is 0. The minimum atomic E-state index is 0.841. The molecule has 0 bridgehead atoms. The van der Waals surface area contributed by atoms with Gasteiger partial charge in [-0.1, -0.05) is 17.7 Å². The minimum Gasteiger partial charge on any atom is -0.462 e. The molecular weight excluding hydrogens is 124 g/mol. The molecule has 1 aromatic carbocycles. The molecule has 0 spiro atoms. The molecule has 50 valence electrons. The number of rotatable bonds is 0. The van der Waals surface area contributed by atoms with Crippen molar-refractivity contribution in [2.24, 2.45) is 0 Å². The van der Waals surface area contributed by atoms with Crippen molar-refractivity contribution in [1.29, 1.82) is 0 Å². The molecule has 0 aromatic heterocycles. The van der Waals surface area contributed by atoms with Crippen LogP contribution in [0.2, 0.25) is 0 Å². The largest absolute Gasteiger partial charge is 0.462 e. The molecule has 0 radical (unpaired) electrons. The van der Waals surface area contributed by atoms with Crippen LogP contribution in [0.25, 0.3) is 0 Å². The smallest absolute Gasteiger partial charge is 0.113 e. The Balaban J connectivity index is 2.97. The van der Waals surface area contributed by atoms with Crippen molar-refractivity contribution in [3.63, 3.8) is 0 Å². The van der Waals surface area contributed by atoms with Gasteiger partial charge in [-0.2, -0.15) is 0 Å². The van der Waals surface area contributed by atoms with Crippen LogP contribution in [-0.2, 0) is 0 Å². The minimum absolute atomic E-state index is 0.841. The molecule has 0 heterocycles. The van der Waals surface area contributed by atoms with E-state index in [9.17, 15) is 0 Å². The number of aliphatic hydroxyl groups is 1. The summed E-state index contributed by atoms with van der Waals surface area (Å²) in [5.41, 5.74) is 2.04. The number of aryl methyl sites for hydroxylation is 1. The molecule has 10 heavy (non-hydrogen) atoms. The fourth-order valence-electron chi connectivity index (χ4n) is 0.701. The molecule has 0 saturated carbocycles. The van der Waals surface area contributed by atoms with Crippen molar-refractivity contribution in [1.82, 2.24) is 0 Å². The van der Waals surface area contributed by atoms with E-state index < -0.39 is 0 Å². The van der Waals surface area contributed by atoms with Crippen LogP contribution in [0, 0.1) is 19.0 Å². The lowest BCUT2D eigenvalue weighted by molar-refractivity contribution is 0.517. The quantitative estimate of drug-likeness (QED) is 0.532. The predicted octanol–water partition coefficient (Wildman–Crippen LogP) is 1.68.